The predicted octanol–water partition coefficient (Wildman–Crippen LogP) is 2.90. The van der Waals surface area contributed by atoms with Crippen LogP contribution in [0.5, 0.6) is 0 Å². The molecule has 0 unspecified atom stereocenters. The molecule has 4 rings (SSSR count). The number of piperazine rings is 1. The Morgan fingerprint density at radius 1 is 1.03 bits per heavy atom. The van der Waals surface area contributed by atoms with Crippen molar-refractivity contribution in [3.05, 3.63) is 87.3 Å². The highest BCUT2D eigenvalue weighted by Gasteiger charge is 2.19. The number of methoxy groups -OCH3 is 1. The molecule has 2 aromatic carbocycles. The molecule has 1 aromatic heterocycles. The van der Waals surface area contributed by atoms with E-state index in [4.69, 9.17) is 16.3 Å². The quantitative estimate of drug-likeness (QED) is 0.495. The van der Waals surface area contributed by atoms with Crippen molar-refractivity contribution < 1.29 is 9.53 Å². The number of hydrogen-bond donors (Lipinski definition) is 1. The molecule has 1 N–H and O–H groups in total. The van der Waals surface area contributed by atoms with Gasteiger partial charge in [0.15, 0.2) is 0 Å². The maximum atomic E-state index is 12.9. The monoisotopic (exact) mass is 481 g/mol. The van der Waals surface area contributed by atoms with Crippen LogP contribution >= 0.6 is 11.6 Å². The summed E-state index contributed by atoms with van der Waals surface area (Å²) < 4.78 is 5.92. The Bertz CT molecular complexity index is 1180. The van der Waals surface area contributed by atoms with E-state index in [2.05, 4.69) is 44.5 Å². The molecule has 0 amide bonds. The number of nitrogens with one attached hydrogen (secondary N) is 1. The van der Waals surface area contributed by atoms with E-state index in [-0.39, 0.29) is 10.6 Å². The first-order valence-corrected chi connectivity index (χ1v) is 11.6. The van der Waals surface area contributed by atoms with Crippen molar-refractivity contribution in [2.75, 3.05) is 51.7 Å². The van der Waals surface area contributed by atoms with Gasteiger partial charge in [0, 0.05) is 45.8 Å². The first-order chi connectivity index (χ1) is 16.6. The summed E-state index contributed by atoms with van der Waals surface area (Å²) in [6, 6.07) is 17.1. The summed E-state index contributed by atoms with van der Waals surface area (Å²) in [5, 5.41) is 7.49. The third kappa shape index (κ3) is 5.64. The number of benzene rings is 2. The van der Waals surface area contributed by atoms with Crippen LogP contribution in [0.15, 0.2) is 65.6 Å². The van der Waals surface area contributed by atoms with Gasteiger partial charge in [-0.2, -0.15) is 9.78 Å². The molecule has 0 bridgehead atoms. The summed E-state index contributed by atoms with van der Waals surface area (Å²) >= 11 is 6.36. The summed E-state index contributed by atoms with van der Waals surface area (Å²) in [7, 11) is 1.29. The van der Waals surface area contributed by atoms with Crippen molar-refractivity contribution >= 4 is 23.3 Å². The molecule has 1 saturated heterocycles. The smallest absolute Gasteiger partial charge is 0.340 e. The molecular formula is C25H28ClN5O3. The normalized spacial score (nSPS) is 14.6. The maximum Gasteiger partial charge on any atom is 0.340 e. The molecule has 2 heterocycles. The van der Waals surface area contributed by atoms with Crippen LogP contribution in [0, 0.1) is 0 Å². The van der Waals surface area contributed by atoms with E-state index in [9.17, 15) is 9.59 Å². The van der Waals surface area contributed by atoms with Crippen molar-refractivity contribution in [1.29, 1.82) is 0 Å². The maximum absolute atomic E-state index is 12.9. The number of carbonyl (C=O) groups excluding carboxylic acids is 1. The lowest BCUT2D eigenvalue weighted by atomic mass is 10.2. The van der Waals surface area contributed by atoms with Gasteiger partial charge in [-0.05, 0) is 17.7 Å². The molecule has 8 nitrogen and oxygen atoms in total. The third-order valence-corrected chi connectivity index (χ3v) is 6.28. The van der Waals surface area contributed by atoms with Crippen molar-refractivity contribution in [1.82, 2.24) is 19.6 Å². The number of carbonyl (C=O) groups is 1. The van der Waals surface area contributed by atoms with Crippen molar-refractivity contribution in [3.8, 4) is 5.69 Å². The van der Waals surface area contributed by atoms with E-state index in [0.717, 1.165) is 44.0 Å². The Labute approximate surface area is 203 Å². The Morgan fingerprint density at radius 3 is 2.44 bits per heavy atom. The largest absolute Gasteiger partial charge is 0.465 e. The lowest BCUT2D eigenvalue weighted by Gasteiger charge is -2.34. The highest BCUT2D eigenvalue weighted by Crippen LogP contribution is 2.19. The first kappa shape index (κ1) is 23.9. The number of esters is 1. The van der Waals surface area contributed by atoms with Crippen LogP contribution in [-0.4, -0.2) is 71.9 Å². The summed E-state index contributed by atoms with van der Waals surface area (Å²) in [4.78, 5) is 29.8. The van der Waals surface area contributed by atoms with Crippen molar-refractivity contribution in [2.24, 2.45) is 0 Å². The lowest BCUT2D eigenvalue weighted by Crippen LogP contribution is -2.47. The fourth-order valence-electron chi connectivity index (χ4n) is 4.03. The molecule has 3 aromatic rings. The topological polar surface area (TPSA) is 79.7 Å². The van der Waals surface area contributed by atoms with Gasteiger partial charge in [0.05, 0.1) is 30.2 Å². The highest BCUT2D eigenvalue weighted by molar-refractivity contribution is 6.33. The Balaban J connectivity index is 1.32. The summed E-state index contributed by atoms with van der Waals surface area (Å²) in [5.74, 6) is -0.550. The highest BCUT2D eigenvalue weighted by atomic mass is 35.5. The molecule has 178 valence electrons. The average molecular weight is 482 g/mol. The number of anilines is 1. The molecule has 1 aliphatic heterocycles. The van der Waals surface area contributed by atoms with Crippen molar-refractivity contribution in [2.45, 2.75) is 6.54 Å². The van der Waals surface area contributed by atoms with Gasteiger partial charge < -0.3 is 10.1 Å². The fourth-order valence-corrected chi connectivity index (χ4v) is 4.23. The minimum absolute atomic E-state index is 0.0300. The van der Waals surface area contributed by atoms with Crippen molar-refractivity contribution in [3.63, 3.8) is 0 Å². The predicted molar refractivity (Wildman–Crippen MR) is 133 cm³/mol. The summed E-state index contributed by atoms with van der Waals surface area (Å²) in [6.45, 7) is 6.48. The summed E-state index contributed by atoms with van der Waals surface area (Å²) in [5.41, 5.74) is 1.87. The molecule has 0 spiro atoms. The van der Waals surface area contributed by atoms with Gasteiger partial charge in [0.25, 0.3) is 5.56 Å². The zero-order valence-corrected chi connectivity index (χ0v) is 19.9. The van der Waals surface area contributed by atoms with E-state index in [1.807, 2.05) is 6.07 Å². The molecule has 0 saturated carbocycles. The van der Waals surface area contributed by atoms with Crippen LogP contribution in [0.4, 0.5) is 5.69 Å². The van der Waals surface area contributed by atoms with Crippen LogP contribution in [0.2, 0.25) is 5.02 Å². The van der Waals surface area contributed by atoms with Gasteiger partial charge in [-0.1, -0.05) is 54.1 Å². The SMILES string of the molecule is COC(=O)c1ccccc1-n1ncc(NCCN2CCN(Cc3ccccc3)CC2)c(Cl)c1=O. The number of ether oxygens (including phenoxy) is 1. The number of hydrogen-bond acceptors (Lipinski definition) is 7. The number of rotatable bonds is 8. The van der Waals surface area contributed by atoms with Crippen LogP contribution in [0.1, 0.15) is 15.9 Å². The Kier molecular flexibility index (Phi) is 7.95. The fraction of sp³-hybridized carbons (Fsp3) is 0.320. The van der Waals surface area contributed by atoms with Crippen LogP contribution in [-0.2, 0) is 11.3 Å². The standard InChI is InChI=1S/C25H28ClN5O3/c1-34-25(33)20-9-5-6-10-22(20)31-24(32)23(26)21(17-28-31)27-11-12-29-13-15-30(16-14-29)18-19-7-3-2-4-8-19/h2-10,17,27H,11-16,18H2,1H3. The zero-order valence-electron chi connectivity index (χ0n) is 19.1. The molecular weight excluding hydrogens is 454 g/mol. The molecule has 9 heteroatoms. The van der Waals surface area contributed by atoms with E-state index >= 15 is 0 Å². The molecule has 1 aliphatic rings. The third-order valence-electron chi connectivity index (χ3n) is 5.91. The van der Waals surface area contributed by atoms with E-state index in [1.54, 1.807) is 24.3 Å². The Hall–Kier alpha value is -3.20. The minimum atomic E-state index is -0.550. The molecule has 0 atom stereocenters. The van der Waals surface area contributed by atoms with Gasteiger partial charge in [0.2, 0.25) is 0 Å². The number of aromatic nitrogens is 2. The number of para-hydroxylation sites is 1. The van der Waals surface area contributed by atoms with E-state index in [1.165, 1.54) is 18.9 Å². The first-order valence-electron chi connectivity index (χ1n) is 11.2. The molecule has 0 aliphatic carbocycles. The van der Waals surface area contributed by atoms with Gasteiger partial charge >= 0.3 is 5.97 Å². The average Bonchev–Trinajstić information content (AvgIpc) is 2.88. The molecule has 0 radical (unpaired) electrons. The minimum Gasteiger partial charge on any atom is -0.465 e. The lowest BCUT2D eigenvalue weighted by molar-refractivity contribution is 0.0600. The van der Waals surface area contributed by atoms with Crippen LogP contribution < -0.4 is 10.9 Å². The Morgan fingerprint density at radius 2 is 1.71 bits per heavy atom. The van der Waals surface area contributed by atoms with E-state index < -0.39 is 11.5 Å². The second kappa shape index (κ2) is 11.3. The summed E-state index contributed by atoms with van der Waals surface area (Å²) in [6.07, 6.45) is 1.51. The number of nitrogens with zero attached hydrogens (tertiary/aromatic N) is 4. The van der Waals surface area contributed by atoms with Gasteiger partial charge in [-0.25, -0.2) is 4.79 Å². The molecule has 34 heavy (non-hydrogen) atoms. The number of halogens is 1. The molecule has 1 fully saturated rings. The van der Waals surface area contributed by atoms with Gasteiger partial charge in [-0.3, -0.25) is 14.6 Å². The van der Waals surface area contributed by atoms with Crippen LogP contribution in [0.3, 0.4) is 0 Å². The second-order valence-corrected chi connectivity index (χ2v) is 8.51. The van der Waals surface area contributed by atoms with Gasteiger partial charge in [-0.15, -0.1) is 0 Å². The van der Waals surface area contributed by atoms with Crippen LogP contribution in [0.25, 0.3) is 5.69 Å². The second-order valence-electron chi connectivity index (χ2n) is 8.13. The van der Waals surface area contributed by atoms with E-state index in [0.29, 0.717) is 17.9 Å². The zero-order chi connectivity index (χ0) is 23.9. The van der Waals surface area contributed by atoms with Gasteiger partial charge in [0.1, 0.15) is 5.02 Å².